The first-order valence-corrected chi connectivity index (χ1v) is 10.3. The lowest BCUT2D eigenvalue weighted by molar-refractivity contribution is -0.122. The zero-order chi connectivity index (χ0) is 22.1. The molecule has 1 saturated heterocycles. The van der Waals surface area contributed by atoms with E-state index in [-0.39, 0.29) is 40.9 Å². The lowest BCUT2D eigenvalue weighted by Crippen LogP contribution is -2.31. The first-order chi connectivity index (χ1) is 14.9. The van der Waals surface area contributed by atoms with Crippen LogP contribution in [-0.4, -0.2) is 30.2 Å². The van der Waals surface area contributed by atoms with Crippen LogP contribution in [0.15, 0.2) is 60.7 Å². The fraction of sp³-hybridized carbons (Fsp3) is 0.250. The number of ether oxygens (including phenoxy) is 1. The summed E-state index contributed by atoms with van der Waals surface area (Å²) in [5, 5.41) is 0.501. The highest BCUT2D eigenvalue weighted by Gasteiger charge is 2.50. The third kappa shape index (κ3) is 4.03. The predicted octanol–water partition coefficient (Wildman–Crippen LogP) is 4.08. The molecular weight excluding hydrogens is 418 g/mol. The highest BCUT2D eigenvalue weighted by molar-refractivity contribution is 6.30. The Morgan fingerprint density at radius 3 is 2.52 bits per heavy atom. The summed E-state index contributed by atoms with van der Waals surface area (Å²) in [6.07, 6.45) is 4.43. The van der Waals surface area contributed by atoms with Crippen LogP contribution >= 0.6 is 11.6 Å². The smallest absolute Gasteiger partial charge is 0.338 e. The van der Waals surface area contributed by atoms with Gasteiger partial charge in [-0.15, -0.1) is 0 Å². The van der Waals surface area contributed by atoms with Crippen LogP contribution in [0.25, 0.3) is 0 Å². The molecule has 158 valence electrons. The van der Waals surface area contributed by atoms with Gasteiger partial charge in [-0.1, -0.05) is 36.7 Å². The third-order valence-corrected chi connectivity index (χ3v) is 5.97. The molecule has 6 nitrogen and oxygen atoms in total. The first-order valence-electron chi connectivity index (χ1n) is 9.97. The van der Waals surface area contributed by atoms with Crippen molar-refractivity contribution in [2.24, 2.45) is 17.8 Å². The van der Waals surface area contributed by atoms with Gasteiger partial charge in [0.2, 0.25) is 11.8 Å². The number of fused-ring (bicyclic) bond motifs is 1. The lowest BCUT2D eigenvalue weighted by atomic mass is 9.78. The van der Waals surface area contributed by atoms with E-state index in [4.69, 9.17) is 16.3 Å². The van der Waals surface area contributed by atoms with Crippen molar-refractivity contribution in [3.05, 3.63) is 76.8 Å². The molecule has 1 aliphatic carbocycles. The second-order valence-electron chi connectivity index (χ2n) is 7.72. The van der Waals surface area contributed by atoms with Crippen LogP contribution < -0.4 is 4.90 Å². The van der Waals surface area contributed by atoms with E-state index in [1.807, 2.05) is 19.1 Å². The average Bonchev–Trinajstić information content (AvgIpc) is 3.03. The minimum absolute atomic E-state index is 0.0211. The number of rotatable bonds is 5. The van der Waals surface area contributed by atoms with Gasteiger partial charge in [0.15, 0.2) is 12.4 Å². The van der Waals surface area contributed by atoms with Gasteiger partial charge < -0.3 is 4.74 Å². The molecule has 0 saturated carbocycles. The van der Waals surface area contributed by atoms with Gasteiger partial charge in [0, 0.05) is 10.6 Å². The van der Waals surface area contributed by atoms with Crippen molar-refractivity contribution in [3.8, 4) is 0 Å². The molecule has 2 aromatic rings. The van der Waals surface area contributed by atoms with Crippen LogP contribution in [0, 0.1) is 17.8 Å². The number of Topliss-reactive ketones (excluding diaryl/α,β-unsaturated/α-hetero) is 1. The number of allylic oxidation sites excluding steroid dienone is 2. The van der Waals surface area contributed by atoms with Crippen molar-refractivity contribution in [2.75, 3.05) is 11.5 Å². The van der Waals surface area contributed by atoms with Gasteiger partial charge in [0.1, 0.15) is 0 Å². The highest BCUT2D eigenvalue weighted by Crippen LogP contribution is 2.40. The number of halogens is 1. The quantitative estimate of drug-likeness (QED) is 0.305. The number of amides is 2. The Morgan fingerprint density at radius 2 is 1.81 bits per heavy atom. The maximum atomic E-state index is 12.9. The maximum Gasteiger partial charge on any atom is 0.338 e. The van der Waals surface area contributed by atoms with Crippen LogP contribution in [0.2, 0.25) is 5.02 Å². The number of hydrogen-bond acceptors (Lipinski definition) is 5. The van der Waals surface area contributed by atoms with E-state index < -0.39 is 12.6 Å². The van der Waals surface area contributed by atoms with E-state index in [1.165, 1.54) is 12.1 Å². The summed E-state index contributed by atoms with van der Waals surface area (Å²) < 4.78 is 5.14. The second-order valence-corrected chi connectivity index (χ2v) is 8.16. The lowest BCUT2D eigenvalue weighted by Gasteiger charge is -2.22. The standard InChI is InChI=1S/C24H20ClNO5/c1-14-4-2-7-19-21(14)23(29)26(22(19)28)18-6-3-5-16(12-18)24(30)31-13-20(27)15-8-10-17(25)11-9-15/h2-6,8-12,14,19,21H,7,13H2,1H3/t14-,19+,21+/m0/s1. The Balaban J connectivity index is 1.47. The summed E-state index contributed by atoms with van der Waals surface area (Å²) in [6.45, 7) is 1.49. The highest BCUT2D eigenvalue weighted by atomic mass is 35.5. The molecule has 1 fully saturated rings. The summed E-state index contributed by atoms with van der Waals surface area (Å²) in [6, 6.07) is 12.4. The summed E-state index contributed by atoms with van der Waals surface area (Å²) in [4.78, 5) is 51.7. The van der Waals surface area contributed by atoms with Crippen LogP contribution in [0.1, 0.15) is 34.1 Å². The molecular formula is C24H20ClNO5. The van der Waals surface area contributed by atoms with Crippen molar-refractivity contribution >= 4 is 40.9 Å². The molecule has 3 atom stereocenters. The van der Waals surface area contributed by atoms with Crippen LogP contribution in [-0.2, 0) is 14.3 Å². The van der Waals surface area contributed by atoms with E-state index in [9.17, 15) is 19.2 Å². The number of anilines is 1. The SMILES string of the molecule is C[C@H]1C=CC[C@H]2C(=O)N(c3cccc(C(=O)OCC(=O)c4ccc(Cl)cc4)c3)C(=O)[C@H]12. The molecule has 2 aliphatic rings. The van der Waals surface area contributed by atoms with Gasteiger partial charge in [-0.2, -0.15) is 0 Å². The number of benzene rings is 2. The third-order valence-electron chi connectivity index (χ3n) is 5.71. The fourth-order valence-corrected chi connectivity index (χ4v) is 4.23. The van der Waals surface area contributed by atoms with Crippen LogP contribution in [0.4, 0.5) is 5.69 Å². The van der Waals surface area contributed by atoms with E-state index in [0.29, 0.717) is 22.7 Å². The summed E-state index contributed by atoms with van der Waals surface area (Å²) in [5.74, 6) is -2.37. The maximum absolute atomic E-state index is 12.9. The van der Waals surface area contributed by atoms with Crippen molar-refractivity contribution in [1.29, 1.82) is 0 Å². The fourth-order valence-electron chi connectivity index (χ4n) is 4.11. The van der Waals surface area contributed by atoms with Crippen molar-refractivity contribution in [1.82, 2.24) is 0 Å². The van der Waals surface area contributed by atoms with Gasteiger partial charge in [-0.05, 0) is 54.8 Å². The molecule has 1 aliphatic heterocycles. The van der Waals surface area contributed by atoms with Crippen LogP contribution in [0.5, 0.6) is 0 Å². The monoisotopic (exact) mass is 437 g/mol. The number of esters is 1. The topological polar surface area (TPSA) is 80.8 Å². The summed E-state index contributed by atoms with van der Waals surface area (Å²) in [7, 11) is 0. The minimum Gasteiger partial charge on any atom is -0.454 e. The van der Waals surface area contributed by atoms with Gasteiger partial charge >= 0.3 is 5.97 Å². The van der Waals surface area contributed by atoms with Crippen molar-refractivity contribution < 1.29 is 23.9 Å². The molecule has 0 spiro atoms. The van der Waals surface area contributed by atoms with Gasteiger partial charge in [0.25, 0.3) is 0 Å². The summed E-state index contributed by atoms with van der Waals surface area (Å²) in [5.41, 5.74) is 0.864. The molecule has 0 N–H and O–H groups in total. The van der Waals surface area contributed by atoms with Crippen LogP contribution in [0.3, 0.4) is 0 Å². The van der Waals surface area contributed by atoms with Crippen molar-refractivity contribution in [2.45, 2.75) is 13.3 Å². The number of carbonyl (C=O) groups is 4. The Labute approximate surface area is 184 Å². The van der Waals surface area contributed by atoms with E-state index in [2.05, 4.69) is 0 Å². The number of hydrogen-bond donors (Lipinski definition) is 0. The molecule has 7 heteroatoms. The van der Waals surface area contributed by atoms with Gasteiger partial charge in [-0.25, -0.2) is 4.79 Å². The largest absolute Gasteiger partial charge is 0.454 e. The minimum atomic E-state index is -0.712. The molecule has 2 aromatic carbocycles. The first kappa shape index (κ1) is 21.0. The molecule has 0 unspecified atom stereocenters. The van der Waals surface area contributed by atoms with E-state index in [1.54, 1.807) is 36.4 Å². The molecule has 4 rings (SSSR count). The zero-order valence-electron chi connectivity index (χ0n) is 16.8. The molecule has 0 bridgehead atoms. The Morgan fingerprint density at radius 1 is 1.06 bits per heavy atom. The van der Waals surface area contributed by atoms with E-state index >= 15 is 0 Å². The van der Waals surface area contributed by atoms with Crippen molar-refractivity contribution in [3.63, 3.8) is 0 Å². The number of ketones is 1. The Kier molecular flexibility index (Phi) is 5.74. The average molecular weight is 438 g/mol. The van der Waals surface area contributed by atoms with Gasteiger partial charge in [-0.3, -0.25) is 19.3 Å². The number of nitrogens with zero attached hydrogens (tertiary/aromatic N) is 1. The molecule has 31 heavy (non-hydrogen) atoms. The molecule has 0 radical (unpaired) electrons. The normalized spacial score (nSPS) is 22.4. The molecule has 1 heterocycles. The molecule has 2 amide bonds. The second kappa shape index (κ2) is 8.47. The predicted molar refractivity (Wildman–Crippen MR) is 115 cm³/mol. The Bertz CT molecular complexity index is 1090. The van der Waals surface area contributed by atoms with E-state index in [0.717, 1.165) is 4.90 Å². The molecule has 0 aromatic heterocycles. The number of imide groups is 1. The summed E-state index contributed by atoms with van der Waals surface area (Å²) >= 11 is 5.81. The zero-order valence-corrected chi connectivity index (χ0v) is 17.5. The van der Waals surface area contributed by atoms with Gasteiger partial charge in [0.05, 0.1) is 23.1 Å². The number of carbonyl (C=O) groups excluding carboxylic acids is 4. The Hall–Kier alpha value is -3.25.